The normalized spacial score (nSPS) is 20.0. The van der Waals surface area contributed by atoms with Gasteiger partial charge in [0.25, 0.3) is 5.56 Å². The zero-order valence-electron chi connectivity index (χ0n) is 14.1. The van der Waals surface area contributed by atoms with Crippen LogP contribution in [-0.4, -0.2) is 25.7 Å². The van der Waals surface area contributed by atoms with E-state index in [2.05, 4.69) is 11.6 Å². The Balaban J connectivity index is 1.81. The van der Waals surface area contributed by atoms with Gasteiger partial charge in [-0.05, 0) is 36.4 Å². The summed E-state index contributed by atoms with van der Waals surface area (Å²) < 4.78 is 6.54. The van der Waals surface area contributed by atoms with Gasteiger partial charge < -0.3 is 19.5 Å². The minimum atomic E-state index is -2.06. The van der Waals surface area contributed by atoms with Gasteiger partial charge in [-0.25, -0.2) is 9.78 Å². The molecule has 27 heavy (non-hydrogen) atoms. The molecule has 1 atom stereocenters. The second-order valence-electron chi connectivity index (χ2n) is 6.73. The summed E-state index contributed by atoms with van der Waals surface area (Å²) in [6.07, 6.45) is 1.08. The van der Waals surface area contributed by atoms with E-state index in [-0.39, 0.29) is 29.0 Å². The number of aromatic nitrogens is 2. The first-order valence-electron chi connectivity index (χ1n) is 8.36. The Labute approximate surface area is 152 Å². The van der Waals surface area contributed by atoms with Gasteiger partial charge in [0.15, 0.2) is 0 Å². The highest BCUT2D eigenvalue weighted by atomic mass is 16.6. The van der Waals surface area contributed by atoms with Crippen molar-refractivity contribution in [3.63, 3.8) is 0 Å². The lowest BCUT2D eigenvalue weighted by Crippen LogP contribution is -2.43. The molecule has 0 fully saturated rings. The third kappa shape index (κ3) is 1.97. The predicted octanol–water partition coefficient (Wildman–Crippen LogP) is 1.56. The van der Waals surface area contributed by atoms with Crippen LogP contribution in [-0.2, 0) is 28.3 Å². The fourth-order valence-corrected chi connectivity index (χ4v) is 3.79. The lowest BCUT2D eigenvalue weighted by Gasteiger charge is -2.30. The number of phenols is 1. The first kappa shape index (κ1) is 15.8. The Morgan fingerprint density at radius 2 is 2.07 bits per heavy atom. The largest absolute Gasteiger partial charge is 0.508 e. The molecular formula is C20H14N2O5. The Bertz CT molecular complexity index is 1240. The van der Waals surface area contributed by atoms with Crippen LogP contribution < -0.4 is 5.56 Å². The quantitative estimate of drug-likeness (QED) is 0.394. The first-order chi connectivity index (χ1) is 12.9. The van der Waals surface area contributed by atoms with E-state index in [1.807, 2.05) is 6.07 Å². The summed E-state index contributed by atoms with van der Waals surface area (Å²) in [5.74, 6) is -0.714. The average molecular weight is 362 g/mol. The van der Waals surface area contributed by atoms with E-state index in [4.69, 9.17) is 4.74 Å². The number of cyclic esters (lactones) is 1. The third-order valence-corrected chi connectivity index (χ3v) is 5.21. The molecule has 2 aliphatic heterocycles. The lowest BCUT2D eigenvalue weighted by molar-refractivity contribution is -0.165. The molecule has 134 valence electrons. The van der Waals surface area contributed by atoms with E-state index in [0.29, 0.717) is 23.4 Å². The number of pyridine rings is 2. The van der Waals surface area contributed by atoms with Crippen molar-refractivity contribution in [3.8, 4) is 17.1 Å². The Hall–Kier alpha value is -3.45. The number of rotatable bonds is 1. The molecule has 1 aromatic carbocycles. The van der Waals surface area contributed by atoms with Crippen molar-refractivity contribution in [2.24, 2.45) is 0 Å². The number of benzene rings is 1. The second kappa shape index (κ2) is 5.05. The number of esters is 1. The van der Waals surface area contributed by atoms with Crippen molar-refractivity contribution in [1.82, 2.24) is 9.55 Å². The molecule has 2 aromatic heterocycles. The maximum Gasteiger partial charge on any atom is 0.347 e. The molecule has 0 unspecified atom stereocenters. The van der Waals surface area contributed by atoms with Gasteiger partial charge in [0, 0.05) is 16.5 Å². The minimum absolute atomic E-state index is 0.138. The maximum absolute atomic E-state index is 13.0. The number of carbonyl (C=O) groups excluding carboxylic acids is 1. The molecule has 0 saturated carbocycles. The monoisotopic (exact) mass is 362 g/mol. The van der Waals surface area contributed by atoms with E-state index < -0.39 is 11.6 Å². The van der Waals surface area contributed by atoms with Crippen LogP contribution in [0.1, 0.15) is 16.7 Å². The number of aliphatic hydroxyl groups is 1. The van der Waals surface area contributed by atoms with Crippen molar-refractivity contribution < 1.29 is 19.7 Å². The third-order valence-electron chi connectivity index (χ3n) is 5.21. The molecule has 2 aliphatic rings. The molecule has 0 amide bonds. The van der Waals surface area contributed by atoms with Gasteiger partial charge in [0.05, 0.1) is 29.0 Å². The number of fused-ring (bicyclic) bond motifs is 5. The van der Waals surface area contributed by atoms with Crippen molar-refractivity contribution in [3.05, 3.63) is 70.0 Å². The summed E-state index contributed by atoms with van der Waals surface area (Å²) in [7, 11) is 0. The number of ether oxygens (including phenoxy) is 1. The lowest BCUT2D eigenvalue weighted by atomic mass is 9.88. The van der Waals surface area contributed by atoms with E-state index in [1.54, 1.807) is 28.8 Å². The van der Waals surface area contributed by atoms with Crippen LogP contribution >= 0.6 is 0 Å². The molecule has 7 nitrogen and oxygen atoms in total. The fraction of sp³-hybridized carbons (Fsp3) is 0.150. The number of nitrogens with zero attached hydrogens (tertiary/aromatic N) is 2. The minimum Gasteiger partial charge on any atom is -0.508 e. The molecule has 0 radical (unpaired) electrons. The van der Waals surface area contributed by atoms with E-state index in [9.17, 15) is 19.8 Å². The van der Waals surface area contributed by atoms with E-state index in [0.717, 1.165) is 17.0 Å². The highest BCUT2D eigenvalue weighted by molar-refractivity contribution is 5.88. The van der Waals surface area contributed by atoms with Crippen molar-refractivity contribution in [1.29, 1.82) is 0 Å². The standard InChI is InChI=1S/C20H14N2O5/c1-2-20(26)14-7-16-17-11(5-10-6-12(23)3-4-15(10)21-17)8-22(16)18(24)13(14)9-27-19(20)25/h2-7,23,26H,1,8-9H2/t20-/m0/s1. The Kier molecular flexibility index (Phi) is 2.95. The molecule has 5 rings (SSSR count). The van der Waals surface area contributed by atoms with Crippen molar-refractivity contribution in [2.45, 2.75) is 18.8 Å². The van der Waals surface area contributed by atoms with Gasteiger partial charge in [-0.3, -0.25) is 4.79 Å². The van der Waals surface area contributed by atoms with Crippen molar-refractivity contribution in [2.75, 3.05) is 0 Å². The van der Waals surface area contributed by atoms with Crippen LogP contribution in [0.15, 0.2) is 47.8 Å². The summed E-state index contributed by atoms with van der Waals surface area (Å²) in [6.45, 7) is 3.65. The molecule has 2 N–H and O–H groups in total. The van der Waals surface area contributed by atoms with Gasteiger partial charge in [-0.2, -0.15) is 0 Å². The van der Waals surface area contributed by atoms with Crippen molar-refractivity contribution >= 4 is 16.9 Å². The molecular weight excluding hydrogens is 348 g/mol. The smallest absolute Gasteiger partial charge is 0.347 e. The molecule has 0 saturated heterocycles. The second-order valence-corrected chi connectivity index (χ2v) is 6.73. The van der Waals surface area contributed by atoms with Crippen LogP contribution in [0.2, 0.25) is 0 Å². The molecule has 0 spiro atoms. The van der Waals surface area contributed by atoms with Gasteiger partial charge in [-0.15, -0.1) is 0 Å². The summed E-state index contributed by atoms with van der Waals surface area (Å²) in [4.78, 5) is 29.7. The summed E-state index contributed by atoms with van der Waals surface area (Å²) >= 11 is 0. The van der Waals surface area contributed by atoms with Gasteiger partial charge in [0.2, 0.25) is 5.60 Å². The van der Waals surface area contributed by atoms with Crippen LogP contribution in [0, 0.1) is 0 Å². The van der Waals surface area contributed by atoms with Crippen LogP contribution in [0.5, 0.6) is 5.75 Å². The molecule has 4 heterocycles. The number of carbonyl (C=O) groups is 1. The van der Waals surface area contributed by atoms with Crippen LogP contribution in [0.4, 0.5) is 0 Å². The van der Waals surface area contributed by atoms with Crippen LogP contribution in [0.3, 0.4) is 0 Å². The molecule has 7 heteroatoms. The molecule has 3 aromatic rings. The highest BCUT2D eigenvalue weighted by Gasteiger charge is 2.44. The SMILES string of the molecule is C=C[C@@]1(O)C(=O)OCc2c1cc1n(c2=O)Cc2cc3cc(O)ccc3nc2-1. The average Bonchev–Trinajstić information content (AvgIpc) is 3.01. The summed E-state index contributed by atoms with van der Waals surface area (Å²) in [6, 6.07) is 8.35. The van der Waals surface area contributed by atoms with Gasteiger partial charge in [0.1, 0.15) is 12.4 Å². The summed E-state index contributed by atoms with van der Waals surface area (Å²) in [5, 5.41) is 21.2. The number of hydrogen-bond acceptors (Lipinski definition) is 6. The predicted molar refractivity (Wildman–Crippen MR) is 96.1 cm³/mol. The Morgan fingerprint density at radius 1 is 1.26 bits per heavy atom. The highest BCUT2D eigenvalue weighted by Crippen LogP contribution is 2.37. The maximum atomic E-state index is 13.0. The molecule has 0 aliphatic carbocycles. The van der Waals surface area contributed by atoms with E-state index in [1.165, 1.54) is 0 Å². The van der Waals surface area contributed by atoms with Crippen LogP contribution in [0.25, 0.3) is 22.3 Å². The number of phenolic OH excluding ortho intramolecular Hbond substituents is 1. The topological polar surface area (TPSA) is 102 Å². The van der Waals surface area contributed by atoms with Gasteiger partial charge >= 0.3 is 5.97 Å². The summed E-state index contributed by atoms with van der Waals surface area (Å²) in [5.41, 5.74) is 0.650. The first-order valence-corrected chi connectivity index (χ1v) is 8.36. The fourth-order valence-electron chi connectivity index (χ4n) is 3.79. The van der Waals surface area contributed by atoms with E-state index >= 15 is 0 Å². The zero-order valence-corrected chi connectivity index (χ0v) is 14.1. The number of aromatic hydroxyl groups is 1. The van der Waals surface area contributed by atoms with Gasteiger partial charge in [-0.1, -0.05) is 6.58 Å². The molecule has 0 bridgehead atoms. The zero-order chi connectivity index (χ0) is 18.9. The number of hydrogen-bond donors (Lipinski definition) is 2. The Morgan fingerprint density at radius 3 is 2.85 bits per heavy atom.